The number of rotatable bonds is 7. The number of carbonyl (C=O) groups is 1. The fourth-order valence-electron chi connectivity index (χ4n) is 2.54. The zero-order valence-corrected chi connectivity index (χ0v) is 17.1. The van der Waals surface area contributed by atoms with Gasteiger partial charge < -0.3 is 9.47 Å². The summed E-state index contributed by atoms with van der Waals surface area (Å²) in [5.74, 6) is 0.541. The number of methoxy groups -OCH3 is 1. The first-order valence-electron chi connectivity index (χ1n) is 8.70. The first kappa shape index (κ1) is 20.7. The predicted octanol–water partition coefficient (Wildman–Crippen LogP) is 5.34. The molecule has 3 rings (SSSR count). The van der Waals surface area contributed by atoms with Crippen molar-refractivity contribution in [1.29, 1.82) is 0 Å². The fraction of sp³-hybridized carbons (Fsp3) is 0.0909. The molecule has 0 heterocycles. The van der Waals surface area contributed by atoms with Crippen LogP contribution >= 0.6 is 23.2 Å². The number of nitrogens with one attached hydrogen (secondary N) is 1. The van der Waals surface area contributed by atoms with Crippen LogP contribution in [0.4, 0.5) is 0 Å². The molecule has 29 heavy (non-hydrogen) atoms. The van der Waals surface area contributed by atoms with E-state index in [4.69, 9.17) is 32.7 Å². The maximum Gasteiger partial charge on any atom is 0.271 e. The Bertz CT molecular complexity index is 1020. The van der Waals surface area contributed by atoms with Crippen LogP contribution in [0.3, 0.4) is 0 Å². The van der Waals surface area contributed by atoms with E-state index in [2.05, 4.69) is 10.5 Å². The summed E-state index contributed by atoms with van der Waals surface area (Å²) < 4.78 is 11.2. The highest BCUT2D eigenvalue weighted by Crippen LogP contribution is 2.37. The Hall–Kier alpha value is -3.02. The quantitative estimate of drug-likeness (QED) is 0.407. The van der Waals surface area contributed by atoms with Crippen LogP contribution in [0, 0.1) is 0 Å². The van der Waals surface area contributed by atoms with Crippen LogP contribution in [-0.2, 0) is 6.61 Å². The normalized spacial score (nSPS) is 10.7. The summed E-state index contributed by atoms with van der Waals surface area (Å²) in [5.41, 5.74) is 4.47. The van der Waals surface area contributed by atoms with Gasteiger partial charge in [-0.2, -0.15) is 5.10 Å². The molecular formula is C22H18Cl2N2O3. The van der Waals surface area contributed by atoms with E-state index in [1.807, 2.05) is 24.3 Å². The third-order valence-corrected chi connectivity index (χ3v) is 4.65. The smallest absolute Gasteiger partial charge is 0.271 e. The molecule has 0 unspecified atom stereocenters. The van der Waals surface area contributed by atoms with Crippen molar-refractivity contribution in [3.8, 4) is 11.5 Å². The molecule has 0 saturated carbocycles. The van der Waals surface area contributed by atoms with Crippen LogP contribution in [0.5, 0.6) is 11.5 Å². The van der Waals surface area contributed by atoms with Crippen molar-refractivity contribution in [1.82, 2.24) is 5.43 Å². The molecule has 0 radical (unpaired) electrons. The Morgan fingerprint density at radius 2 is 1.76 bits per heavy atom. The molecule has 0 saturated heterocycles. The summed E-state index contributed by atoms with van der Waals surface area (Å²) >= 11 is 12.5. The molecule has 5 nitrogen and oxygen atoms in total. The highest BCUT2D eigenvalue weighted by atomic mass is 35.5. The minimum atomic E-state index is -0.306. The van der Waals surface area contributed by atoms with Gasteiger partial charge in [-0.3, -0.25) is 4.79 Å². The summed E-state index contributed by atoms with van der Waals surface area (Å²) in [6, 6.07) is 19.6. The number of hydrazone groups is 1. The van der Waals surface area contributed by atoms with Crippen molar-refractivity contribution in [2.24, 2.45) is 5.10 Å². The number of benzene rings is 3. The van der Waals surface area contributed by atoms with Gasteiger partial charge in [0.2, 0.25) is 0 Å². The number of halogens is 2. The summed E-state index contributed by atoms with van der Waals surface area (Å²) in [7, 11) is 1.52. The average Bonchev–Trinajstić information content (AvgIpc) is 2.74. The molecule has 0 aliphatic rings. The van der Waals surface area contributed by atoms with Gasteiger partial charge in [0.25, 0.3) is 5.91 Å². The van der Waals surface area contributed by atoms with E-state index in [0.29, 0.717) is 32.7 Å². The lowest BCUT2D eigenvalue weighted by atomic mass is 10.2. The van der Waals surface area contributed by atoms with Gasteiger partial charge in [0.15, 0.2) is 11.5 Å². The molecule has 1 N–H and O–H groups in total. The number of nitrogens with zero attached hydrogens (tertiary/aromatic N) is 1. The molecule has 0 aliphatic heterocycles. The van der Waals surface area contributed by atoms with Crippen LogP contribution in [0.2, 0.25) is 10.0 Å². The number of carbonyl (C=O) groups excluding carboxylic acids is 1. The average molecular weight is 429 g/mol. The second kappa shape index (κ2) is 9.96. The lowest BCUT2D eigenvalue weighted by Crippen LogP contribution is -2.17. The number of hydrogen-bond donors (Lipinski definition) is 1. The fourth-order valence-corrected chi connectivity index (χ4v) is 3.00. The minimum Gasteiger partial charge on any atom is -0.493 e. The lowest BCUT2D eigenvalue weighted by molar-refractivity contribution is 0.0955. The van der Waals surface area contributed by atoms with Crippen molar-refractivity contribution in [2.75, 3.05) is 7.11 Å². The SMILES string of the molecule is COc1cc(/C=N\NC(=O)c2ccccc2)cc(Cl)c1OCc1ccccc1Cl. The lowest BCUT2D eigenvalue weighted by Gasteiger charge is -2.14. The van der Waals surface area contributed by atoms with E-state index in [0.717, 1.165) is 5.56 Å². The summed E-state index contributed by atoms with van der Waals surface area (Å²) in [6.07, 6.45) is 1.48. The zero-order chi connectivity index (χ0) is 20.6. The van der Waals surface area contributed by atoms with Crippen LogP contribution in [-0.4, -0.2) is 19.2 Å². The largest absolute Gasteiger partial charge is 0.493 e. The van der Waals surface area contributed by atoms with Gasteiger partial charge in [-0.05, 0) is 35.9 Å². The van der Waals surface area contributed by atoms with Crippen molar-refractivity contribution < 1.29 is 14.3 Å². The molecule has 0 fully saturated rings. The van der Waals surface area contributed by atoms with Crippen LogP contribution < -0.4 is 14.9 Å². The predicted molar refractivity (Wildman–Crippen MR) is 115 cm³/mol. The number of hydrogen-bond acceptors (Lipinski definition) is 4. The van der Waals surface area contributed by atoms with Crippen molar-refractivity contribution in [3.05, 3.63) is 93.5 Å². The Morgan fingerprint density at radius 3 is 2.48 bits per heavy atom. The highest BCUT2D eigenvalue weighted by molar-refractivity contribution is 6.32. The highest BCUT2D eigenvalue weighted by Gasteiger charge is 2.13. The van der Waals surface area contributed by atoms with E-state index in [-0.39, 0.29) is 12.5 Å². The third-order valence-electron chi connectivity index (χ3n) is 4.00. The van der Waals surface area contributed by atoms with Crippen molar-refractivity contribution in [2.45, 2.75) is 6.61 Å². The van der Waals surface area contributed by atoms with Gasteiger partial charge in [-0.1, -0.05) is 59.6 Å². The summed E-state index contributed by atoms with van der Waals surface area (Å²) in [4.78, 5) is 12.0. The summed E-state index contributed by atoms with van der Waals surface area (Å²) in [5, 5.41) is 4.94. The van der Waals surface area contributed by atoms with E-state index in [1.165, 1.54) is 13.3 Å². The Morgan fingerprint density at radius 1 is 1.03 bits per heavy atom. The van der Waals surface area contributed by atoms with Crippen LogP contribution in [0.25, 0.3) is 0 Å². The molecule has 0 bridgehead atoms. The maximum atomic E-state index is 12.0. The second-order valence-electron chi connectivity index (χ2n) is 5.98. The first-order chi connectivity index (χ1) is 14.1. The van der Waals surface area contributed by atoms with E-state index < -0.39 is 0 Å². The number of ether oxygens (including phenoxy) is 2. The molecule has 3 aromatic rings. The number of amides is 1. The topological polar surface area (TPSA) is 59.9 Å². The van der Waals surface area contributed by atoms with Crippen LogP contribution in [0.15, 0.2) is 71.8 Å². The van der Waals surface area contributed by atoms with Gasteiger partial charge in [-0.25, -0.2) is 5.43 Å². The first-order valence-corrected chi connectivity index (χ1v) is 9.46. The summed E-state index contributed by atoms with van der Waals surface area (Å²) in [6.45, 7) is 0.246. The maximum absolute atomic E-state index is 12.0. The molecule has 0 aliphatic carbocycles. The molecule has 3 aromatic carbocycles. The Kier molecular flexibility index (Phi) is 7.11. The van der Waals surface area contributed by atoms with Gasteiger partial charge in [0.1, 0.15) is 6.61 Å². The monoisotopic (exact) mass is 428 g/mol. The van der Waals surface area contributed by atoms with Gasteiger partial charge in [0.05, 0.1) is 18.3 Å². The van der Waals surface area contributed by atoms with E-state index in [9.17, 15) is 4.79 Å². The Labute approximate surface area is 178 Å². The van der Waals surface area contributed by atoms with Crippen molar-refractivity contribution >= 4 is 35.3 Å². The Balaban J connectivity index is 1.70. The van der Waals surface area contributed by atoms with E-state index >= 15 is 0 Å². The molecule has 7 heteroatoms. The molecular weight excluding hydrogens is 411 g/mol. The van der Waals surface area contributed by atoms with Crippen LogP contribution in [0.1, 0.15) is 21.5 Å². The van der Waals surface area contributed by atoms with Gasteiger partial charge >= 0.3 is 0 Å². The molecule has 0 aromatic heterocycles. The molecule has 0 atom stereocenters. The standard InChI is InChI=1S/C22H18Cl2N2O3/c1-28-20-12-15(13-25-26-22(27)16-7-3-2-4-8-16)11-19(24)21(20)29-14-17-9-5-6-10-18(17)23/h2-13H,14H2,1H3,(H,26,27)/b25-13-. The third kappa shape index (κ3) is 5.50. The molecule has 148 valence electrons. The molecule has 0 spiro atoms. The van der Waals surface area contributed by atoms with Gasteiger partial charge in [-0.15, -0.1) is 0 Å². The zero-order valence-electron chi connectivity index (χ0n) is 15.6. The van der Waals surface area contributed by atoms with Crippen molar-refractivity contribution in [3.63, 3.8) is 0 Å². The van der Waals surface area contributed by atoms with Gasteiger partial charge in [0, 0.05) is 16.1 Å². The molecule has 1 amide bonds. The minimum absolute atomic E-state index is 0.246. The van der Waals surface area contributed by atoms with E-state index in [1.54, 1.807) is 42.5 Å². The second-order valence-corrected chi connectivity index (χ2v) is 6.79.